The number of fused-ring (bicyclic) bond motifs is 3. The molecule has 3 saturated heterocycles. The number of piperazine rings is 1. The van der Waals surface area contributed by atoms with Crippen molar-refractivity contribution in [3.63, 3.8) is 0 Å². The van der Waals surface area contributed by atoms with E-state index in [1.54, 1.807) is 34.8 Å². The highest BCUT2D eigenvalue weighted by molar-refractivity contribution is 6.00. The van der Waals surface area contributed by atoms with Gasteiger partial charge in [0.25, 0.3) is 0 Å². The fourth-order valence-corrected chi connectivity index (χ4v) is 13.2. The Morgan fingerprint density at radius 2 is 0.968 bits per heavy atom. The summed E-state index contributed by atoms with van der Waals surface area (Å²) < 4.78 is 12.2. The van der Waals surface area contributed by atoms with Crippen molar-refractivity contribution >= 4 is 65.0 Å². The maximum absolute atomic E-state index is 15.3. The first-order valence-electron chi connectivity index (χ1n) is 34.5. The Labute approximate surface area is 562 Å². The van der Waals surface area contributed by atoms with Gasteiger partial charge in [0, 0.05) is 95.7 Å². The minimum absolute atomic E-state index is 0.0707. The second kappa shape index (κ2) is 37.5. The van der Waals surface area contributed by atoms with Crippen molar-refractivity contribution in [3.05, 3.63) is 0 Å². The predicted molar refractivity (Wildman–Crippen MR) is 361 cm³/mol. The summed E-state index contributed by atoms with van der Waals surface area (Å²) in [6, 6.07) is -13.3. The van der Waals surface area contributed by atoms with E-state index in [1.807, 2.05) is 62.3 Å². The molecule has 3 aliphatic heterocycles. The number of nitrogens with zero attached hydrogens (tertiary/aromatic N) is 9. The van der Waals surface area contributed by atoms with Crippen LogP contribution in [0.25, 0.3) is 0 Å². The van der Waals surface area contributed by atoms with E-state index in [1.165, 1.54) is 104 Å². The molecule has 4 N–H and O–H groups in total. The van der Waals surface area contributed by atoms with Gasteiger partial charge in [0.15, 0.2) is 0 Å². The molecule has 538 valence electrons. The molecule has 0 aliphatic carbocycles. The van der Waals surface area contributed by atoms with Gasteiger partial charge in [0.2, 0.25) is 65.0 Å². The van der Waals surface area contributed by atoms with Gasteiger partial charge in [-0.25, -0.2) is 0 Å². The summed E-state index contributed by atoms with van der Waals surface area (Å²) in [5.74, 6) is -8.80. The van der Waals surface area contributed by atoms with E-state index in [2.05, 4.69) is 31.1 Å². The molecule has 0 radical (unpaired) electrons. The third-order valence-electron chi connectivity index (χ3n) is 19.4. The standard InChI is InChI=1S/C68H123N13O13/c1-25-27-28-43(11)57-56-61(85)71-49(26-2)64(88)73(17)47(15)63(87)77(21)54(44(12)38-81-31-29-80(30-32-81)33-34-93-24)60(84)72-53(42(9)10)67(91)74(18)50(35-39(3)4)59(83)69-45(13)58(82)70-46(14)62(86)75(19)51(36-40(5)6)65(89)76(20)52(37-41(7)8)66(90)78(22)55(48(16)94-57)68(92)79(56)23/h39-57H,25-38H2,1-24H3,(H,69,83)(H,70,82)(H,71,85)(H,72,84). The Morgan fingerprint density at radius 3 is 1.48 bits per heavy atom. The molecular weight excluding hydrogens is 1210 g/mol. The molecular formula is C68H123N13O13. The largest absolute Gasteiger partial charge is 0.383 e. The lowest BCUT2D eigenvalue weighted by molar-refractivity contribution is -0.155. The van der Waals surface area contributed by atoms with E-state index >= 15 is 28.8 Å². The van der Waals surface area contributed by atoms with Crippen LogP contribution in [0.3, 0.4) is 0 Å². The molecule has 0 aromatic rings. The van der Waals surface area contributed by atoms with Gasteiger partial charge in [-0.05, 0) is 95.3 Å². The molecule has 0 aromatic carbocycles. The lowest BCUT2D eigenvalue weighted by atomic mass is 9.91. The quantitative estimate of drug-likeness (QED) is 0.153. The lowest BCUT2D eigenvalue weighted by Gasteiger charge is -2.40. The van der Waals surface area contributed by atoms with E-state index in [0.717, 1.165) is 32.5 Å². The molecule has 3 aliphatic rings. The summed E-state index contributed by atoms with van der Waals surface area (Å²) in [6.45, 7) is 33.1. The van der Waals surface area contributed by atoms with E-state index in [9.17, 15) is 24.0 Å². The Hall–Kier alpha value is -5.99. The maximum Gasteiger partial charge on any atom is 0.248 e. The molecule has 3 rings (SSSR count). The smallest absolute Gasteiger partial charge is 0.248 e. The number of unbranched alkanes of at least 4 members (excludes halogenated alkanes) is 1. The van der Waals surface area contributed by atoms with Crippen molar-refractivity contribution in [1.82, 2.24) is 65.4 Å². The number of hydrogen-bond donors (Lipinski definition) is 4. The molecule has 0 aromatic heterocycles. The number of likely N-dealkylation sites (N-methyl/N-ethyl adjacent to an activating group) is 7. The number of nitrogens with one attached hydrogen (secondary N) is 4. The summed E-state index contributed by atoms with van der Waals surface area (Å²) >= 11 is 0. The van der Waals surface area contributed by atoms with Crippen LogP contribution in [-0.4, -0.2) is 290 Å². The first-order valence-corrected chi connectivity index (χ1v) is 34.5. The van der Waals surface area contributed by atoms with Crippen LogP contribution in [0.15, 0.2) is 0 Å². The van der Waals surface area contributed by atoms with Crippen LogP contribution in [0.1, 0.15) is 156 Å². The van der Waals surface area contributed by atoms with Crippen molar-refractivity contribution in [2.75, 3.05) is 102 Å². The molecule has 0 spiro atoms. The zero-order valence-electron chi connectivity index (χ0n) is 61.7. The van der Waals surface area contributed by atoms with Crippen LogP contribution in [0.5, 0.6) is 0 Å². The monoisotopic (exact) mass is 1330 g/mol. The van der Waals surface area contributed by atoms with E-state index in [0.29, 0.717) is 32.7 Å². The van der Waals surface area contributed by atoms with Gasteiger partial charge in [-0.1, -0.05) is 95.9 Å². The van der Waals surface area contributed by atoms with Crippen LogP contribution in [0.4, 0.5) is 0 Å². The highest BCUT2D eigenvalue weighted by Gasteiger charge is 2.51. The number of rotatable bonds is 18. The maximum atomic E-state index is 15.3. The molecule has 26 heteroatoms. The number of amides is 11. The second-order valence-electron chi connectivity index (χ2n) is 28.8. The Bertz CT molecular complexity index is 2570. The van der Waals surface area contributed by atoms with E-state index in [4.69, 9.17) is 9.47 Å². The molecule has 3 heterocycles. The zero-order chi connectivity index (χ0) is 71.7. The van der Waals surface area contributed by atoms with Crippen LogP contribution in [-0.2, 0) is 62.2 Å². The molecule has 15 atom stereocenters. The number of carbonyl (C=O) groups excluding carboxylic acids is 11. The highest BCUT2D eigenvalue weighted by atomic mass is 16.5. The number of ether oxygens (including phenoxy) is 2. The van der Waals surface area contributed by atoms with Crippen molar-refractivity contribution < 1.29 is 62.2 Å². The molecule has 26 nitrogen and oxygen atoms in total. The summed E-state index contributed by atoms with van der Waals surface area (Å²) in [5, 5.41) is 11.4. The Morgan fingerprint density at radius 1 is 0.479 bits per heavy atom. The van der Waals surface area contributed by atoms with Crippen LogP contribution < -0.4 is 21.3 Å². The molecule has 15 unspecified atom stereocenters. The summed E-state index contributed by atoms with van der Waals surface area (Å²) in [7, 11) is 11.9. The fraction of sp³-hybridized carbons (Fsp3) is 0.838. The van der Waals surface area contributed by atoms with Gasteiger partial charge in [0.1, 0.15) is 66.5 Å². The van der Waals surface area contributed by atoms with E-state index < -0.39 is 155 Å². The zero-order valence-corrected chi connectivity index (χ0v) is 61.7. The SMILES string of the molecule is CCCCC(C)C1OC(C)C2C(=O)N(C)C1C(=O)NC(CC)C(=O)N(C)C(C)C(=O)N(C)C(C(C)CN1CCN(CCOC)CC1)C(=O)NC(C(C)C)C(=O)N(C)C(CC(C)C)C(=O)NC(C)C(=O)NC(C)C(=O)N(C)C(CC(C)C)C(=O)N(C)C(CC(C)C)C(=O)N2C. The second-order valence-corrected chi connectivity index (χ2v) is 28.8. The minimum atomic E-state index is -1.31. The van der Waals surface area contributed by atoms with Gasteiger partial charge < -0.3 is 69.9 Å². The van der Waals surface area contributed by atoms with Crippen LogP contribution >= 0.6 is 0 Å². The number of carbonyl (C=O) groups is 11. The van der Waals surface area contributed by atoms with Gasteiger partial charge in [-0.15, -0.1) is 0 Å². The first kappa shape index (κ1) is 82.2. The predicted octanol–water partition coefficient (Wildman–Crippen LogP) is 2.51. The van der Waals surface area contributed by atoms with Crippen molar-refractivity contribution in [2.24, 2.45) is 35.5 Å². The number of methoxy groups -OCH3 is 1. The third kappa shape index (κ3) is 21.5. The molecule has 2 bridgehead atoms. The summed E-state index contributed by atoms with van der Waals surface area (Å²) in [6.07, 6.45) is 0.841. The van der Waals surface area contributed by atoms with Gasteiger partial charge in [0.05, 0.1) is 18.8 Å². The molecule has 11 amide bonds. The van der Waals surface area contributed by atoms with Crippen LogP contribution in [0.2, 0.25) is 0 Å². The van der Waals surface area contributed by atoms with Crippen LogP contribution in [0, 0.1) is 35.5 Å². The van der Waals surface area contributed by atoms with Gasteiger partial charge in [-0.3, -0.25) is 57.6 Å². The highest BCUT2D eigenvalue weighted by Crippen LogP contribution is 2.31. The summed E-state index contributed by atoms with van der Waals surface area (Å²) in [5.41, 5.74) is 0. The van der Waals surface area contributed by atoms with Gasteiger partial charge >= 0.3 is 0 Å². The fourth-order valence-electron chi connectivity index (χ4n) is 13.2. The van der Waals surface area contributed by atoms with Crippen molar-refractivity contribution in [3.8, 4) is 0 Å². The van der Waals surface area contributed by atoms with Crippen molar-refractivity contribution in [2.45, 2.75) is 234 Å². The first-order chi connectivity index (χ1) is 43.8. The van der Waals surface area contributed by atoms with Crippen molar-refractivity contribution in [1.29, 1.82) is 0 Å². The normalized spacial score (nSPS) is 29.6. The lowest BCUT2D eigenvalue weighted by Crippen LogP contribution is -2.63. The van der Waals surface area contributed by atoms with E-state index in [-0.39, 0.29) is 49.4 Å². The third-order valence-corrected chi connectivity index (χ3v) is 19.4. The summed E-state index contributed by atoms with van der Waals surface area (Å²) in [4.78, 5) is 177. The Kier molecular flexibility index (Phi) is 32.8. The molecule has 3 fully saturated rings. The van der Waals surface area contributed by atoms with Gasteiger partial charge in [-0.2, -0.15) is 0 Å². The number of hydrogen-bond acceptors (Lipinski definition) is 15. The average Bonchev–Trinajstić information content (AvgIpc) is 1.55. The topological polar surface area (TPSA) is 284 Å². The Balaban J connectivity index is 2.33. The molecule has 0 saturated carbocycles. The molecule has 94 heavy (non-hydrogen) atoms. The minimum Gasteiger partial charge on any atom is -0.383 e. The average molecular weight is 1330 g/mol.